The molecule has 0 heterocycles. The van der Waals surface area contributed by atoms with Crippen LogP contribution in [0, 0.1) is 16.0 Å². The minimum atomic E-state index is -0.904. The highest BCUT2D eigenvalue weighted by atomic mass is 35.5. The molecule has 0 aliphatic heterocycles. The summed E-state index contributed by atoms with van der Waals surface area (Å²) < 4.78 is 0. The van der Waals surface area contributed by atoms with E-state index in [-0.39, 0.29) is 23.3 Å². The van der Waals surface area contributed by atoms with E-state index in [1.165, 1.54) is 12.1 Å². The second kappa shape index (κ2) is 6.56. The van der Waals surface area contributed by atoms with Crippen molar-refractivity contribution >= 4 is 28.9 Å². The molecule has 1 unspecified atom stereocenters. The van der Waals surface area contributed by atoms with Crippen molar-refractivity contribution in [3.8, 4) is 0 Å². The molecule has 0 aliphatic carbocycles. The van der Waals surface area contributed by atoms with Crippen LogP contribution in [0.5, 0.6) is 0 Å². The largest absolute Gasteiger partial charge is 0.481 e. The third-order valence-electron chi connectivity index (χ3n) is 2.97. The van der Waals surface area contributed by atoms with Crippen LogP contribution in [0.4, 0.5) is 11.4 Å². The van der Waals surface area contributed by atoms with Gasteiger partial charge in [-0.3, -0.25) is 14.9 Å². The number of carboxylic acid groups (broad SMARTS) is 1. The molecule has 1 rings (SSSR count). The number of hydrogen-bond acceptors (Lipinski definition) is 4. The Morgan fingerprint density at radius 2 is 2.05 bits per heavy atom. The number of nitro benzene ring substituents is 1. The molecule has 0 radical (unpaired) electrons. The lowest BCUT2D eigenvalue weighted by Crippen LogP contribution is -2.37. The normalized spacial score (nSPS) is 12.2. The molecule has 0 saturated carbocycles. The summed E-state index contributed by atoms with van der Waals surface area (Å²) in [5.74, 6) is -1.48. The second-order valence-corrected chi connectivity index (χ2v) is 5.29. The molecular weight excluding hydrogens is 284 g/mol. The van der Waals surface area contributed by atoms with Gasteiger partial charge in [-0.05, 0) is 26.0 Å². The number of carboxylic acids is 1. The van der Waals surface area contributed by atoms with E-state index >= 15 is 0 Å². The highest BCUT2D eigenvalue weighted by Gasteiger charge is 2.21. The predicted octanol–water partition coefficient (Wildman–Crippen LogP) is 3.18. The summed E-state index contributed by atoms with van der Waals surface area (Å²) in [5, 5.41) is 20.0. The Labute approximate surface area is 122 Å². The van der Waals surface area contributed by atoms with Gasteiger partial charge in [0.2, 0.25) is 0 Å². The Bertz CT molecular complexity index is 519. The van der Waals surface area contributed by atoms with Gasteiger partial charge in [-0.15, -0.1) is 0 Å². The minimum Gasteiger partial charge on any atom is -0.481 e. The fourth-order valence-corrected chi connectivity index (χ4v) is 1.99. The van der Waals surface area contributed by atoms with Crippen LogP contribution in [0.3, 0.4) is 0 Å². The first kappa shape index (κ1) is 16.2. The van der Waals surface area contributed by atoms with Crippen LogP contribution < -0.4 is 4.90 Å². The molecule has 0 amide bonds. The Balaban J connectivity index is 3.12. The number of halogens is 1. The molecule has 0 aromatic heterocycles. The monoisotopic (exact) mass is 300 g/mol. The smallest absolute Gasteiger partial charge is 0.308 e. The van der Waals surface area contributed by atoms with Crippen molar-refractivity contribution in [1.29, 1.82) is 0 Å². The van der Waals surface area contributed by atoms with E-state index in [9.17, 15) is 14.9 Å². The van der Waals surface area contributed by atoms with Gasteiger partial charge in [0.1, 0.15) is 5.02 Å². The summed E-state index contributed by atoms with van der Waals surface area (Å²) in [5.41, 5.74) is 0.405. The molecule has 0 aliphatic rings. The second-order valence-electron chi connectivity index (χ2n) is 4.88. The summed E-state index contributed by atoms with van der Waals surface area (Å²) in [7, 11) is 0. The predicted molar refractivity (Wildman–Crippen MR) is 77.4 cm³/mol. The van der Waals surface area contributed by atoms with Gasteiger partial charge < -0.3 is 10.0 Å². The van der Waals surface area contributed by atoms with Crippen LogP contribution in [0.1, 0.15) is 20.8 Å². The van der Waals surface area contributed by atoms with Crippen LogP contribution in [-0.4, -0.2) is 28.6 Å². The first-order valence-corrected chi connectivity index (χ1v) is 6.55. The van der Waals surface area contributed by atoms with Crippen LogP contribution in [0.2, 0.25) is 5.02 Å². The number of anilines is 1. The van der Waals surface area contributed by atoms with Gasteiger partial charge in [-0.2, -0.15) is 0 Å². The van der Waals surface area contributed by atoms with Crippen molar-refractivity contribution in [2.75, 3.05) is 11.4 Å². The maximum atomic E-state index is 11.0. The Morgan fingerprint density at radius 1 is 1.45 bits per heavy atom. The molecule has 0 fully saturated rings. The Kier molecular flexibility index (Phi) is 5.33. The lowest BCUT2D eigenvalue weighted by molar-refractivity contribution is -0.384. The number of aliphatic carboxylic acids is 1. The Morgan fingerprint density at radius 3 is 2.50 bits per heavy atom. The number of rotatable bonds is 6. The van der Waals surface area contributed by atoms with Crippen molar-refractivity contribution in [3.63, 3.8) is 0 Å². The molecule has 6 nitrogen and oxygen atoms in total. The van der Waals surface area contributed by atoms with Gasteiger partial charge >= 0.3 is 5.97 Å². The molecule has 20 heavy (non-hydrogen) atoms. The van der Waals surface area contributed by atoms with Gasteiger partial charge in [0.25, 0.3) is 5.69 Å². The molecule has 110 valence electrons. The molecule has 0 saturated heterocycles. The maximum Gasteiger partial charge on any atom is 0.308 e. The van der Waals surface area contributed by atoms with E-state index in [1.54, 1.807) is 13.0 Å². The highest BCUT2D eigenvalue weighted by Crippen LogP contribution is 2.30. The third-order valence-corrected chi connectivity index (χ3v) is 3.29. The zero-order valence-corrected chi connectivity index (χ0v) is 12.3. The van der Waals surface area contributed by atoms with Crippen molar-refractivity contribution in [2.24, 2.45) is 5.92 Å². The standard InChI is InChI=1S/C13H17ClN2O4/c1-8(2)15(7-9(3)13(17)18)10-4-5-11(14)12(6-10)16(19)20/h4-6,8-9H,7H2,1-3H3,(H,17,18). The van der Waals surface area contributed by atoms with Gasteiger partial charge in [0.05, 0.1) is 10.8 Å². The van der Waals surface area contributed by atoms with Crippen LogP contribution in [-0.2, 0) is 4.79 Å². The van der Waals surface area contributed by atoms with Gasteiger partial charge in [-0.1, -0.05) is 18.5 Å². The number of hydrogen-bond donors (Lipinski definition) is 1. The summed E-state index contributed by atoms with van der Waals surface area (Å²) in [6.45, 7) is 5.66. The molecule has 0 spiro atoms. The summed E-state index contributed by atoms with van der Waals surface area (Å²) in [6.07, 6.45) is 0. The Hall–Kier alpha value is -1.82. The van der Waals surface area contributed by atoms with E-state index < -0.39 is 16.8 Å². The number of carbonyl (C=O) groups is 1. The molecule has 0 bridgehead atoms. The quantitative estimate of drug-likeness (QED) is 0.644. The lowest BCUT2D eigenvalue weighted by atomic mass is 10.1. The average Bonchev–Trinajstić information content (AvgIpc) is 2.35. The van der Waals surface area contributed by atoms with Crippen molar-refractivity contribution in [3.05, 3.63) is 33.3 Å². The van der Waals surface area contributed by atoms with Crippen molar-refractivity contribution in [2.45, 2.75) is 26.8 Å². The molecule has 1 aromatic carbocycles. The summed E-state index contributed by atoms with van der Waals surface area (Å²) >= 11 is 5.78. The maximum absolute atomic E-state index is 11.0. The summed E-state index contributed by atoms with van der Waals surface area (Å²) in [6, 6.07) is 4.49. The molecule has 7 heteroatoms. The zero-order chi connectivity index (χ0) is 15.4. The van der Waals surface area contributed by atoms with Crippen LogP contribution in [0.15, 0.2) is 18.2 Å². The number of nitro groups is 1. The van der Waals surface area contributed by atoms with Crippen LogP contribution in [0.25, 0.3) is 0 Å². The van der Waals surface area contributed by atoms with E-state index in [0.29, 0.717) is 5.69 Å². The number of benzene rings is 1. The topological polar surface area (TPSA) is 83.7 Å². The van der Waals surface area contributed by atoms with E-state index in [0.717, 1.165) is 0 Å². The first-order chi connectivity index (χ1) is 9.23. The fraction of sp³-hybridized carbons (Fsp3) is 0.462. The van der Waals surface area contributed by atoms with Crippen LogP contribution >= 0.6 is 11.6 Å². The molecular formula is C13H17ClN2O4. The molecule has 1 aromatic rings. The SMILES string of the molecule is CC(CN(c1ccc(Cl)c([N+](=O)[O-])c1)C(C)C)C(=O)O. The average molecular weight is 301 g/mol. The zero-order valence-electron chi connectivity index (χ0n) is 11.5. The first-order valence-electron chi connectivity index (χ1n) is 6.17. The molecule has 1 N–H and O–H groups in total. The minimum absolute atomic E-state index is 0.0116. The molecule has 1 atom stereocenters. The van der Waals surface area contributed by atoms with Crippen molar-refractivity contribution in [1.82, 2.24) is 0 Å². The highest BCUT2D eigenvalue weighted by molar-refractivity contribution is 6.32. The summed E-state index contributed by atoms with van der Waals surface area (Å²) in [4.78, 5) is 23.1. The number of nitrogens with zero attached hydrogens (tertiary/aromatic N) is 2. The fourth-order valence-electron chi connectivity index (χ4n) is 1.81. The van der Waals surface area contributed by atoms with E-state index in [1.807, 2.05) is 18.7 Å². The van der Waals surface area contributed by atoms with E-state index in [4.69, 9.17) is 16.7 Å². The van der Waals surface area contributed by atoms with Crippen molar-refractivity contribution < 1.29 is 14.8 Å². The van der Waals surface area contributed by atoms with Gasteiger partial charge in [0.15, 0.2) is 0 Å². The third kappa shape index (κ3) is 3.84. The lowest BCUT2D eigenvalue weighted by Gasteiger charge is -2.30. The van der Waals surface area contributed by atoms with Gasteiger partial charge in [-0.25, -0.2) is 0 Å². The van der Waals surface area contributed by atoms with E-state index in [2.05, 4.69) is 0 Å². The van der Waals surface area contributed by atoms with Gasteiger partial charge in [0, 0.05) is 24.3 Å².